The number of hydrogen-bond acceptors (Lipinski definition) is 0. The monoisotopic (exact) mass is 204 g/mol. The van der Waals surface area contributed by atoms with E-state index in [1.807, 2.05) is 0 Å². The fraction of sp³-hybridized carbons (Fsp3) is 0. The van der Waals surface area contributed by atoms with Gasteiger partial charge in [0.2, 0.25) is 0 Å². The average molecular weight is 205 g/mol. The van der Waals surface area contributed by atoms with Gasteiger partial charge in [-0.3, -0.25) is 0 Å². The summed E-state index contributed by atoms with van der Waals surface area (Å²) < 4.78 is 0. The van der Waals surface area contributed by atoms with Crippen LogP contribution in [0.3, 0.4) is 0 Å². The van der Waals surface area contributed by atoms with Crippen molar-refractivity contribution in [2.24, 2.45) is 0 Å². The topological polar surface area (TPSA) is 0 Å². The Labute approximate surface area is 96.8 Å². The Morgan fingerprint density at radius 1 is 0.700 bits per heavy atom. The molecule has 0 nitrogen and oxygen atoms in total. The van der Waals surface area contributed by atoms with Crippen LogP contribution in [-0.4, -0.2) is 29.6 Å². The Morgan fingerprint density at radius 2 is 0.900 bits per heavy atom. The van der Waals surface area contributed by atoms with Crippen molar-refractivity contribution in [1.82, 2.24) is 0 Å². The molecule has 1 aromatic carbocycles. The molecule has 4 heteroatoms. The summed E-state index contributed by atoms with van der Waals surface area (Å²) in [6, 6.07) is 4.90. The quantitative estimate of drug-likeness (QED) is 0.571. The first kappa shape index (κ1) is 11.1. The molecule has 0 fully saturated rings. The Bertz CT molecular complexity index is 174. The summed E-state index contributed by atoms with van der Waals surface area (Å²) in [5.41, 5.74) is 0. The Morgan fingerprint density at radius 3 is 1.10 bits per heavy atom. The van der Waals surface area contributed by atoms with E-state index < -0.39 is 0 Å². The summed E-state index contributed by atoms with van der Waals surface area (Å²) in [6.07, 6.45) is 0. The molecular weight excluding hydrogens is 201 g/mol. The van der Waals surface area contributed by atoms with Gasteiger partial charge in [-0.2, -0.15) is 0 Å². The minimum absolute atomic E-state index is 0. The summed E-state index contributed by atoms with van der Waals surface area (Å²) >= 11 is 16.7. The van der Waals surface area contributed by atoms with E-state index in [4.69, 9.17) is 34.8 Å². The second-order valence-electron chi connectivity index (χ2n) is 1.59. The molecule has 0 amide bonds. The van der Waals surface area contributed by atoms with Crippen molar-refractivity contribution in [3.8, 4) is 0 Å². The summed E-state index contributed by atoms with van der Waals surface area (Å²) in [5.74, 6) is 0. The number of halogens is 3. The molecule has 0 saturated heterocycles. The molecule has 0 atom stereocenters. The maximum atomic E-state index is 5.58. The van der Waals surface area contributed by atoms with E-state index in [0.29, 0.717) is 15.1 Å². The van der Waals surface area contributed by atoms with Crippen molar-refractivity contribution in [1.29, 1.82) is 0 Å². The molecule has 0 N–H and O–H groups in total. The Kier molecular flexibility index (Phi) is 5.40. The fourth-order valence-corrected chi connectivity index (χ4v) is 1.39. The third-order valence-electron chi connectivity index (χ3n) is 0.827. The van der Waals surface area contributed by atoms with E-state index in [9.17, 15) is 0 Å². The van der Waals surface area contributed by atoms with Gasteiger partial charge < -0.3 is 0 Å². The normalized spacial score (nSPS) is 8.70. The van der Waals surface area contributed by atoms with Gasteiger partial charge in [0.25, 0.3) is 0 Å². The molecule has 0 aliphatic rings. The second-order valence-corrected chi connectivity index (χ2v) is 2.90. The van der Waals surface area contributed by atoms with E-state index in [1.54, 1.807) is 18.2 Å². The van der Waals surface area contributed by atoms with Gasteiger partial charge in [-0.05, 0) is 18.2 Å². The third-order valence-corrected chi connectivity index (χ3v) is 1.48. The first-order valence-electron chi connectivity index (χ1n) is 2.30. The van der Waals surface area contributed by atoms with Gasteiger partial charge in [-0.25, -0.2) is 0 Å². The molecule has 0 aliphatic heterocycles. The van der Waals surface area contributed by atoms with Crippen LogP contribution in [0.15, 0.2) is 18.2 Å². The SMILES string of the molecule is Clc1cc(Cl)cc(Cl)c1.[NaH]. The maximum absolute atomic E-state index is 5.58. The van der Waals surface area contributed by atoms with Crippen molar-refractivity contribution in [2.75, 3.05) is 0 Å². The van der Waals surface area contributed by atoms with Crippen LogP contribution in [0, 0.1) is 0 Å². The standard InChI is InChI=1S/C6H3Cl3.Na.H/c7-4-1-5(8)3-6(9)2-4;;/h1-3H;;. The van der Waals surface area contributed by atoms with Gasteiger partial charge in [0.1, 0.15) is 0 Å². The summed E-state index contributed by atoms with van der Waals surface area (Å²) in [5, 5.41) is 1.69. The molecule has 10 heavy (non-hydrogen) atoms. The zero-order valence-corrected chi connectivity index (χ0v) is 6.63. The van der Waals surface area contributed by atoms with Crippen LogP contribution in [-0.2, 0) is 0 Å². The predicted molar refractivity (Wildman–Crippen MR) is 48.6 cm³/mol. The van der Waals surface area contributed by atoms with E-state index in [-0.39, 0.29) is 29.6 Å². The molecule has 0 heterocycles. The van der Waals surface area contributed by atoms with E-state index in [2.05, 4.69) is 0 Å². The molecule has 1 aromatic rings. The molecule has 0 aliphatic carbocycles. The fourth-order valence-electron chi connectivity index (χ4n) is 0.520. The summed E-state index contributed by atoms with van der Waals surface area (Å²) in [7, 11) is 0. The number of rotatable bonds is 0. The number of benzene rings is 1. The zero-order valence-electron chi connectivity index (χ0n) is 4.37. The first-order chi connectivity index (χ1) is 4.18. The van der Waals surface area contributed by atoms with Gasteiger partial charge in [-0.1, -0.05) is 34.8 Å². The van der Waals surface area contributed by atoms with Gasteiger partial charge >= 0.3 is 29.6 Å². The molecular formula is C6H4Cl3Na. The van der Waals surface area contributed by atoms with Crippen LogP contribution < -0.4 is 0 Å². The van der Waals surface area contributed by atoms with E-state index in [1.165, 1.54) is 0 Å². The van der Waals surface area contributed by atoms with E-state index in [0.717, 1.165) is 0 Å². The zero-order chi connectivity index (χ0) is 6.85. The van der Waals surface area contributed by atoms with Crippen LogP contribution in [0.1, 0.15) is 0 Å². The Hall–Kier alpha value is 1.09. The first-order valence-corrected chi connectivity index (χ1v) is 3.43. The summed E-state index contributed by atoms with van der Waals surface area (Å²) in [6.45, 7) is 0. The van der Waals surface area contributed by atoms with Crippen molar-refractivity contribution in [2.45, 2.75) is 0 Å². The van der Waals surface area contributed by atoms with Gasteiger partial charge in [0.15, 0.2) is 0 Å². The molecule has 1 rings (SSSR count). The van der Waals surface area contributed by atoms with Crippen LogP contribution in [0.25, 0.3) is 0 Å². The molecule has 0 aromatic heterocycles. The molecule has 0 spiro atoms. The minimum atomic E-state index is 0. The van der Waals surface area contributed by atoms with Gasteiger partial charge in [0.05, 0.1) is 0 Å². The average Bonchev–Trinajstić information content (AvgIpc) is 1.59. The van der Waals surface area contributed by atoms with Crippen molar-refractivity contribution >= 4 is 64.4 Å². The Balaban J connectivity index is 0.000000810. The van der Waals surface area contributed by atoms with Crippen LogP contribution in [0.4, 0.5) is 0 Å². The van der Waals surface area contributed by atoms with Crippen molar-refractivity contribution in [3.05, 3.63) is 33.3 Å². The van der Waals surface area contributed by atoms with Crippen LogP contribution in [0.5, 0.6) is 0 Å². The molecule has 0 bridgehead atoms. The van der Waals surface area contributed by atoms with Crippen molar-refractivity contribution < 1.29 is 0 Å². The molecule has 50 valence electrons. The molecule has 0 unspecified atom stereocenters. The van der Waals surface area contributed by atoms with Gasteiger partial charge in [-0.15, -0.1) is 0 Å². The van der Waals surface area contributed by atoms with Crippen molar-refractivity contribution in [3.63, 3.8) is 0 Å². The summed E-state index contributed by atoms with van der Waals surface area (Å²) in [4.78, 5) is 0. The molecule has 0 saturated carbocycles. The molecule has 0 radical (unpaired) electrons. The predicted octanol–water partition coefficient (Wildman–Crippen LogP) is 3.00. The number of hydrogen-bond donors (Lipinski definition) is 0. The second kappa shape index (κ2) is 4.87. The van der Waals surface area contributed by atoms with Crippen LogP contribution >= 0.6 is 34.8 Å². The van der Waals surface area contributed by atoms with E-state index >= 15 is 0 Å². The van der Waals surface area contributed by atoms with Gasteiger partial charge in [0, 0.05) is 15.1 Å². The third kappa shape index (κ3) is 3.47. The van der Waals surface area contributed by atoms with Crippen LogP contribution in [0.2, 0.25) is 15.1 Å².